The predicted octanol–water partition coefficient (Wildman–Crippen LogP) is 3.64. The molecule has 6 nitrogen and oxygen atoms in total. The van der Waals surface area contributed by atoms with Crippen molar-refractivity contribution < 1.29 is 17.9 Å². The molecule has 10 heteroatoms. The van der Waals surface area contributed by atoms with Gasteiger partial charge in [0.15, 0.2) is 0 Å². The number of ether oxygens (including phenoxy) is 1. The number of alkyl halides is 3. The Bertz CT molecular complexity index is 666. The number of rotatable bonds is 5. The Morgan fingerprint density at radius 2 is 1.70 bits per heavy atom. The number of halogens is 4. The van der Waals surface area contributed by atoms with E-state index in [4.69, 9.17) is 16.3 Å². The number of benzene rings is 1. The van der Waals surface area contributed by atoms with E-state index in [9.17, 15) is 13.2 Å². The molecule has 0 unspecified atom stereocenters. The lowest BCUT2D eigenvalue weighted by Crippen LogP contribution is -2.33. The quantitative estimate of drug-likeness (QED) is 0.860. The van der Waals surface area contributed by atoms with Crippen molar-refractivity contribution in [3.8, 4) is 5.75 Å². The number of nitrogens with one attached hydrogen (secondary N) is 2. The molecule has 2 rings (SSSR count). The maximum Gasteiger partial charge on any atom is 0.408 e. The van der Waals surface area contributed by atoms with Crippen LogP contribution in [0.2, 0.25) is 5.28 Å². The molecule has 0 spiro atoms. The first kappa shape index (κ1) is 17.1. The van der Waals surface area contributed by atoms with Crippen LogP contribution < -0.4 is 15.4 Å². The molecule has 1 aromatic carbocycles. The molecule has 0 aliphatic carbocycles. The van der Waals surface area contributed by atoms with Gasteiger partial charge in [-0.15, -0.1) is 0 Å². The number of anilines is 3. The summed E-state index contributed by atoms with van der Waals surface area (Å²) in [6.07, 6.45) is -4.43. The topological polar surface area (TPSA) is 72.0 Å². The highest BCUT2D eigenvalue weighted by atomic mass is 35.5. The van der Waals surface area contributed by atoms with Crippen LogP contribution in [0.5, 0.6) is 5.75 Å². The lowest BCUT2D eigenvalue weighted by atomic mass is 10.3. The molecule has 23 heavy (non-hydrogen) atoms. The minimum absolute atomic E-state index is 0.0204. The summed E-state index contributed by atoms with van der Waals surface area (Å²) in [6.45, 7) is 0.953. The van der Waals surface area contributed by atoms with Crippen molar-refractivity contribution in [2.75, 3.05) is 17.7 Å². The fourth-order valence-electron chi connectivity index (χ4n) is 1.55. The minimum atomic E-state index is -4.43. The average Bonchev–Trinajstić information content (AvgIpc) is 2.46. The van der Waals surface area contributed by atoms with E-state index in [-0.39, 0.29) is 17.2 Å². The summed E-state index contributed by atoms with van der Waals surface area (Å²) < 4.78 is 42.7. The van der Waals surface area contributed by atoms with Gasteiger partial charge in [-0.2, -0.15) is 28.1 Å². The summed E-state index contributed by atoms with van der Waals surface area (Å²) >= 11 is 5.72. The Morgan fingerprint density at radius 3 is 2.26 bits per heavy atom. The maximum absolute atomic E-state index is 12.6. The number of methoxy groups -OCH3 is 1. The molecule has 1 aromatic heterocycles. The first-order valence-electron chi connectivity index (χ1n) is 6.44. The van der Waals surface area contributed by atoms with Crippen LogP contribution in [-0.2, 0) is 0 Å². The van der Waals surface area contributed by atoms with Crippen molar-refractivity contribution in [2.45, 2.75) is 19.1 Å². The monoisotopic (exact) mass is 347 g/mol. The van der Waals surface area contributed by atoms with E-state index >= 15 is 0 Å². The molecule has 1 atom stereocenters. The third-order valence-electron chi connectivity index (χ3n) is 2.79. The Morgan fingerprint density at radius 1 is 1.09 bits per heavy atom. The molecule has 0 saturated heterocycles. The molecular formula is C13H13ClF3N5O. The van der Waals surface area contributed by atoms with Crippen LogP contribution in [0.3, 0.4) is 0 Å². The van der Waals surface area contributed by atoms with Crippen molar-refractivity contribution in [3.63, 3.8) is 0 Å². The molecule has 0 aliphatic rings. The first-order chi connectivity index (χ1) is 10.8. The van der Waals surface area contributed by atoms with Crippen molar-refractivity contribution >= 4 is 29.2 Å². The molecule has 2 aromatic rings. The first-order valence-corrected chi connectivity index (χ1v) is 6.81. The van der Waals surface area contributed by atoms with Crippen LogP contribution >= 0.6 is 11.6 Å². The maximum atomic E-state index is 12.6. The summed E-state index contributed by atoms with van der Waals surface area (Å²) in [4.78, 5) is 11.3. The van der Waals surface area contributed by atoms with Crippen LogP contribution in [0.1, 0.15) is 6.92 Å². The number of hydrogen-bond donors (Lipinski definition) is 2. The molecule has 0 fully saturated rings. The van der Waals surface area contributed by atoms with Crippen LogP contribution in [0.15, 0.2) is 24.3 Å². The number of hydrogen-bond acceptors (Lipinski definition) is 6. The molecule has 1 heterocycles. The van der Waals surface area contributed by atoms with Gasteiger partial charge in [0.1, 0.15) is 11.8 Å². The highest BCUT2D eigenvalue weighted by Gasteiger charge is 2.36. The van der Waals surface area contributed by atoms with Crippen molar-refractivity contribution in [2.24, 2.45) is 0 Å². The lowest BCUT2D eigenvalue weighted by Gasteiger charge is -2.17. The fourth-order valence-corrected chi connectivity index (χ4v) is 1.71. The smallest absolute Gasteiger partial charge is 0.408 e. The Balaban J connectivity index is 2.16. The van der Waals surface area contributed by atoms with Crippen LogP contribution in [0, 0.1) is 0 Å². The summed E-state index contributed by atoms with van der Waals surface area (Å²) in [6, 6.07) is 4.98. The van der Waals surface area contributed by atoms with Crippen LogP contribution in [0.4, 0.5) is 30.8 Å². The zero-order valence-electron chi connectivity index (χ0n) is 12.1. The van der Waals surface area contributed by atoms with E-state index in [1.54, 1.807) is 24.3 Å². The molecule has 0 aliphatic heterocycles. The van der Waals surface area contributed by atoms with Crippen LogP contribution in [0.25, 0.3) is 0 Å². The normalized spacial score (nSPS) is 12.6. The van der Waals surface area contributed by atoms with Gasteiger partial charge in [0, 0.05) is 5.69 Å². The zero-order valence-corrected chi connectivity index (χ0v) is 12.9. The molecular weight excluding hydrogens is 335 g/mol. The molecule has 0 bridgehead atoms. The Labute approximate surface area is 135 Å². The number of nitrogens with zero attached hydrogens (tertiary/aromatic N) is 3. The lowest BCUT2D eigenvalue weighted by molar-refractivity contribution is -0.138. The molecule has 0 amide bonds. The van der Waals surface area contributed by atoms with E-state index in [0.29, 0.717) is 11.4 Å². The highest BCUT2D eigenvalue weighted by molar-refractivity contribution is 6.28. The Hall–Kier alpha value is -2.29. The standard InChI is InChI=1S/C13H13ClF3N5O/c1-7(13(15,16)17)18-11-20-10(14)21-12(22-11)19-8-3-5-9(23-2)6-4-8/h3-7H,1-2H3,(H2,18,19,20,21,22)/t7-/m1/s1. The van der Waals surface area contributed by atoms with Crippen molar-refractivity contribution in [1.29, 1.82) is 0 Å². The SMILES string of the molecule is COc1ccc(Nc2nc(Cl)nc(N[C@H](C)C(F)(F)F)n2)cc1. The van der Waals surface area contributed by atoms with E-state index < -0.39 is 12.2 Å². The largest absolute Gasteiger partial charge is 0.497 e. The second-order valence-corrected chi connectivity index (χ2v) is 4.85. The van der Waals surface area contributed by atoms with Gasteiger partial charge in [-0.3, -0.25) is 0 Å². The third-order valence-corrected chi connectivity index (χ3v) is 2.96. The summed E-state index contributed by atoms with van der Waals surface area (Å²) in [5, 5.41) is 4.73. The van der Waals surface area contributed by atoms with Crippen molar-refractivity contribution in [1.82, 2.24) is 15.0 Å². The third kappa shape index (κ3) is 4.85. The average molecular weight is 348 g/mol. The van der Waals surface area contributed by atoms with Gasteiger partial charge in [-0.05, 0) is 42.8 Å². The molecule has 124 valence electrons. The van der Waals surface area contributed by atoms with Crippen molar-refractivity contribution in [3.05, 3.63) is 29.5 Å². The fraction of sp³-hybridized carbons (Fsp3) is 0.308. The van der Waals surface area contributed by atoms with E-state index in [1.165, 1.54) is 7.11 Å². The molecule has 2 N–H and O–H groups in total. The van der Waals surface area contributed by atoms with Gasteiger partial charge < -0.3 is 15.4 Å². The van der Waals surface area contributed by atoms with E-state index in [0.717, 1.165) is 6.92 Å². The number of aromatic nitrogens is 3. The Kier molecular flexibility index (Phi) is 5.09. The second kappa shape index (κ2) is 6.86. The van der Waals surface area contributed by atoms with Gasteiger partial charge in [-0.1, -0.05) is 0 Å². The zero-order chi connectivity index (χ0) is 17.0. The summed E-state index contributed by atoms with van der Waals surface area (Å²) in [7, 11) is 1.54. The minimum Gasteiger partial charge on any atom is -0.497 e. The molecule has 0 radical (unpaired) electrons. The molecule has 0 saturated carbocycles. The van der Waals surface area contributed by atoms with Gasteiger partial charge in [0.25, 0.3) is 0 Å². The van der Waals surface area contributed by atoms with Gasteiger partial charge in [0.2, 0.25) is 17.2 Å². The summed E-state index contributed by atoms with van der Waals surface area (Å²) in [5.74, 6) is 0.406. The van der Waals surface area contributed by atoms with E-state index in [2.05, 4.69) is 25.6 Å². The van der Waals surface area contributed by atoms with E-state index in [1.807, 2.05) is 0 Å². The predicted molar refractivity (Wildman–Crippen MR) is 80.3 cm³/mol. The summed E-state index contributed by atoms with van der Waals surface area (Å²) in [5.41, 5.74) is 0.614. The highest BCUT2D eigenvalue weighted by Crippen LogP contribution is 2.23. The van der Waals surface area contributed by atoms with Crippen LogP contribution in [-0.4, -0.2) is 34.3 Å². The van der Waals surface area contributed by atoms with Gasteiger partial charge in [0.05, 0.1) is 7.11 Å². The van der Waals surface area contributed by atoms with Gasteiger partial charge in [-0.25, -0.2) is 0 Å². The van der Waals surface area contributed by atoms with Gasteiger partial charge >= 0.3 is 6.18 Å². The second-order valence-electron chi connectivity index (χ2n) is 4.51.